The van der Waals surface area contributed by atoms with E-state index in [4.69, 9.17) is 24.0 Å². The van der Waals surface area contributed by atoms with Crippen LogP contribution in [0.5, 0.6) is 17.4 Å². The maximum atomic E-state index is 10.6. The molecule has 8 nitrogen and oxygen atoms in total. The zero-order chi connectivity index (χ0) is 25.8. The summed E-state index contributed by atoms with van der Waals surface area (Å²) in [6.07, 6.45) is 1.45. The Kier molecular flexibility index (Phi) is 11.2. The van der Waals surface area contributed by atoms with Gasteiger partial charge < -0.3 is 24.1 Å². The minimum atomic E-state index is -0.603. The first-order chi connectivity index (χ1) is 17.5. The average Bonchev–Trinajstić information content (AvgIpc) is 3.20. The van der Waals surface area contributed by atoms with E-state index in [1.54, 1.807) is 14.2 Å². The number of aliphatic hydroxyl groups excluding tert-OH is 1. The van der Waals surface area contributed by atoms with Gasteiger partial charge in [0.25, 0.3) is 0 Å². The second-order valence-corrected chi connectivity index (χ2v) is 8.70. The van der Waals surface area contributed by atoms with E-state index in [-0.39, 0.29) is 0 Å². The molecule has 1 atom stereocenters. The molecule has 0 fully saturated rings. The van der Waals surface area contributed by atoms with Crippen LogP contribution in [0.1, 0.15) is 31.0 Å². The Morgan fingerprint density at radius 2 is 1.72 bits per heavy atom. The molecule has 0 saturated heterocycles. The highest BCUT2D eigenvalue weighted by Gasteiger charge is 2.22. The van der Waals surface area contributed by atoms with E-state index in [9.17, 15) is 5.11 Å². The van der Waals surface area contributed by atoms with Crippen molar-refractivity contribution in [3.63, 3.8) is 0 Å². The van der Waals surface area contributed by atoms with Gasteiger partial charge in [0.1, 0.15) is 11.5 Å². The van der Waals surface area contributed by atoms with Crippen LogP contribution in [0.15, 0.2) is 54.6 Å². The summed E-state index contributed by atoms with van der Waals surface area (Å²) in [4.78, 5) is 2.15. The Hall–Kier alpha value is -2.91. The lowest BCUT2D eigenvalue weighted by molar-refractivity contribution is 0.0100. The molecule has 3 rings (SSSR count). The minimum Gasteiger partial charge on any atom is -0.497 e. The standard InChI is InChI=1S/C28H39N3O5/c1-5-6-17-35-21-24(32)19-30(16-18-33-3)20-27-22(2)29-31(23-10-8-7-9-11-23)28(27)36-26-14-12-25(34-4)13-15-26/h7-15,24,32H,5-6,16-21H2,1-4H3/t24-/m1/s1. The van der Waals surface area contributed by atoms with Crippen molar-refractivity contribution in [2.75, 3.05) is 47.1 Å². The van der Waals surface area contributed by atoms with E-state index in [0.29, 0.717) is 51.1 Å². The van der Waals surface area contributed by atoms with Gasteiger partial charge >= 0.3 is 0 Å². The molecule has 0 amide bonds. The van der Waals surface area contributed by atoms with Crippen LogP contribution in [-0.2, 0) is 16.0 Å². The van der Waals surface area contributed by atoms with Crippen molar-refractivity contribution in [2.24, 2.45) is 0 Å². The molecule has 1 N–H and O–H groups in total. The highest BCUT2D eigenvalue weighted by atomic mass is 16.5. The average molecular weight is 498 g/mol. The Balaban J connectivity index is 1.87. The molecular weight excluding hydrogens is 458 g/mol. The van der Waals surface area contributed by atoms with Crippen molar-refractivity contribution in [3.05, 3.63) is 65.9 Å². The summed E-state index contributed by atoms with van der Waals surface area (Å²) in [7, 11) is 3.32. The van der Waals surface area contributed by atoms with Gasteiger partial charge in [0.05, 0.1) is 43.4 Å². The fraction of sp³-hybridized carbons (Fsp3) is 0.464. The number of hydrogen-bond acceptors (Lipinski definition) is 7. The molecule has 0 unspecified atom stereocenters. The number of benzene rings is 2. The topological polar surface area (TPSA) is 78.2 Å². The zero-order valence-electron chi connectivity index (χ0n) is 21.9. The van der Waals surface area contributed by atoms with Crippen molar-refractivity contribution in [2.45, 2.75) is 39.3 Å². The number of para-hydroxylation sites is 1. The number of hydrogen-bond donors (Lipinski definition) is 1. The van der Waals surface area contributed by atoms with Gasteiger partial charge in [-0.25, -0.2) is 4.68 Å². The number of aryl methyl sites for hydroxylation is 1. The first kappa shape index (κ1) is 27.7. The first-order valence-corrected chi connectivity index (χ1v) is 12.5. The second-order valence-electron chi connectivity index (χ2n) is 8.70. The minimum absolute atomic E-state index is 0.306. The lowest BCUT2D eigenvalue weighted by atomic mass is 10.2. The van der Waals surface area contributed by atoms with Gasteiger partial charge in [0.15, 0.2) is 0 Å². The predicted octanol–water partition coefficient (Wildman–Crippen LogP) is 4.61. The zero-order valence-corrected chi connectivity index (χ0v) is 21.9. The van der Waals surface area contributed by atoms with Gasteiger partial charge in [-0.1, -0.05) is 31.5 Å². The fourth-order valence-corrected chi connectivity index (χ4v) is 3.82. The van der Waals surface area contributed by atoms with Crippen LogP contribution < -0.4 is 9.47 Å². The monoisotopic (exact) mass is 497 g/mol. The lowest BCUT2D eigenvalue weighted by Crippen LogP contribution is -2.36. The molecule has 196 valence electrons. The van der Waals surface area contributed by atoms with Gasteiger partial charge in [0, 0.05) is 33.4 Å². The van der Waals surface area contributed by atoms with Crippen molar-refractivity contribution < 1.29 is 24.1 Å². The first-order valence-electron chi connectivity index (χ1n) is 12.5. The summed E-state index contributed by atoms with van der Waals surface area (Å²) in [6, 6.07) is 17.4. The van der Waals surface area contributed by atoms with Crippen LogP contribution in [-0.4, -0.2) is 73.0 Å². The highest BCUT2D eigenvalue weighted by Crippen LogP contribution is 2.32. The van der Waals surface area contributed by atoms with E-state index in [0.717, 1.165) is 35.5 Å². The molecule has 1 aromatic heterocycles. The number of rotatable bonds is 16. The molecule has 0 radical (unpaired) electrons. The summed E-state index contributed by atoms with van der Waals surface area (Å²) in [5, 5.41) is 15.4. The smallest absolute Gasteiger partial charge is 0.227 e. The van der Waals surface area contributed by atoms with Crippen LogP contribution in [0.3, 0.4) is 0 Å². The van der Waals surface area contributed by atoms with Crippen LogP contribution in [0.2, 0.25) is 0 Å². The highest BCUT2D eigenvalue weighted by molar-refractivity contribution is 5.44. The number of nitrogens with zero attached hydrogens (tertiary/aromatic N) is 3. The Bertz CT molecular complexity index is 1020. The molecule has 0 bridgehead atoms. The SMILES string of the molecule is CCCCOC[C@H](O)CN(CCOC)Cc1c(C)nn(-c2ccccc2)c1Oc1ccc(OC)cc1. The van der Waals surface area contributed by atoms with Crippen LogP contribution in [0, 0.1) is 6.92 Å². The summed E-state index contributed by atoms with van der Waals surface area (Å²) in [5.41, 5.74) is 2.71. The molecule has 2 aromatic carbocycles. The maximum Gasteiger partial charge on any atom is 0.227 e. The second kappa shape index (κ2) is 14.6. The van der Waals surface area contributed by atoms with Crippen molar-refractivity contribution in [1.82, 2.24) is 14.7 Å². The third-order valence-electron chi connectivity index (χ3n) is 5.83. The van der Waals surface area contributed by atoms with Gasteiger partial charge in [0.2, 0.25) is 5.88 Å². The van der Waals surface area contributed by atoms with E-state index >= 15 is 0 Å². The molecule has 36 heavy (non-hydrogen) atoms. The molecular formula is C28H39N3O5. The molecule has 1 heterocycles. The van der Waals surface area contributed by atoms with E-state index in [1.807, 2.05) is 66.2 Å². The van der Waals surface area contributed by atoms with E-state index in [2.05, 4.69) is 11.8 Å². The Labute approximate surface area is 214 Å². The number of unbranched alkanes of at least 4 members (excludes halogenated alkanes) is 1. The van der Waals surface area contributed by atoms with E-state index in [1.165, 1.54) is 0 Å². The molecule has 0 saturated carbocycles. The van der Waals surface area contributed by atoms with Gasteiger partial charge in [-0.2, -0.15) is 5.10 Å². The molecule has 0 aliphatic heterocycles. The molecule has 0 aliphatic carbocycles. The molecule has 3 aromatic rings. The summed E-state index contributed by atoms with van der Waals surface area (Å²) in [5.74, 6) is 2.08. The lowest BCUT2D eigenvalue weighted by Gasteiger charge is -2.25. The van der Waals surface area contributed by atoms with Crippen molar-refractivity contribution >= 4 is 0 Å². The van der Waals surface area contributed by atoms with Crippen LogP contribution in [0.25, 0.3) is 5.69 Å². The van der Waals surface area contributed by atoms with Crippen LogP contribution >= 0.6 is 0 Å². The summed E-state index contributed by atoms with van der Waals surface area (Å²) < 4.78 is 24.5. The van der Waals surface area contributed by atoms with Crippen molar-refractivity contribution in [3.8, 4) is 23.1 Å². The molecule has 0 spiro atoms. The predicted molar refractivity (Wildman–Crippen MR) is 140 cm³/mol. The number of aliphatic hydroxyl groups is 1. The number of aromatic nitrogens is 2. The van der Waals surface area contributed by atoms with Gasteiger partial charge in [-0.15, -0.1) is 0 Å². The largest absolute Gasteiger partial charge is 0.497 e. The van der Waals surface area contributed by atoms with Gasteiger partial charge in [-0.3, -0.25) is 4.90 Å². The van der Waals surface area contributed by atoms with Crippen molar-refractivity contribution in [1.29, 1.82) is 0 Å². The summed E-state index contributed by atoms with van der Waals surface area (Å²) >= 11 is 0. The quantitative estimate of drug-likeness (QED) is 0.290. The van der Waals surface area contributed by atoms with Gasteiger partial charge in [-0.05, 0) is 49.7 Å². The summed E-state index contributed by atoms with van der Waals surface area (Å²) in [6.45, 7) is 7.26. The molecule has 0 aliphatic rings. The third kappa shape index (κ3) is 8.06. The molecule has 8 heteroatoms. The Morgan fingerprint density at radius 3 is 2.39 bits per heavy atom. The maximum absolute atomic E-state index is 10.6. The normalized spacial score (nSPS) is 12.2. The van der Waals surface area contributed by atoms with Crippen LogP contribution in [0.4, 0.5) is 0 Å². The number of ether oxygens (including phenoxy) is 4. The third-order valence-corrected chi connectivity index (χ3v) is 5.83. The fourth-order valence-electron chi connectivity index (χ4n) is 3.82. The van der Waals surface area contributed by atoms with E-state index < -0.39 is 6.10 Å². The number of methoxy groups -OCH3 is 2. The Morgan fingerprint density at radius 1 is 1.00 bits per heavy atom.